The Morgan fingerprint density at radius 2 is 2.30 bits per heavy atom. The highest BCUT2D eigenvalue weighted by molar-refractivity contribution is 7.98. The Morgan fingerprint density at radius 1 is 1.50 bits per heavy atom. The summed E-state index contributed by atoms with van der Waals surface area (Å²) in [7, 11) is 0. The summed E-state index contributed by atoms with van der Waals surface area (Å²) in [5, 5.41) is 22.2. The Morgan fingerprint density at radius 3 is 3.00 bits per heavy atom. The molecule has 0 radical (unpaired) electrons. The molecule has 0 aliphatic carbocycles. The maximum absolute atomic E-state index is 13.9. The van der Waals surface area contributed by atoms with Gasteiger partial charge in [0.25, 0.3) is 0 Å². The predicted octanol–water partition coefficient (Wildman–Crippen LogP) is 0.971. The zero-order valence-electron chi connectivity index (χ0n) is 10.3. The first-order chi connectivity index (χ1) is 9.63. The van der Waals surface area contributed by atoms with E-state index in [1.54, 1.807) is 0 Å². The fourth-order valence-electron chi connectivity index (χ4n) is 1.52. The van der Waals surface area contributed by atoms with E-state index in [0.717, 1.165) is 6.07 Å². The normalized spacial score (nSPS) is 10.7. The Balaban J connectivity index is 2.13. The summed E-state index contributed by atoms with van der Waals surface area (Å²) in [5.74, 6) is -0.638. The molecule has 0 saturated heterocycles. The van der Waals surface area contributed by atoms with Crippen molar-refractivity contribution in [2.24, 2.45) is 5.73 Å². The molecule has 8 nitrogen and oxygen atoms in total. The van der Waals surface area contributed by atoms with Gasteiger partial charge in [0.1, 0.15) is 0 Å². The quantitative estimate of drug-likeness (QED) is 0.480. The van der Waals surface area contributed by atoms with E-state index in [1.165, 1.54) is 28.6 Å². The molecule has 1 heterocycles. The second-order valence-electron chi connectivity index (χ2n) is 3.77. The number of nitro groups is 1. The fourth-order valence-corrected chi connectivity index (χ4v) is 2.40. The van der Waals surface area contributed by atoms with Crippen molar-refractivity contribution in [2.45, 2.75) is 17.5 Å². The maximum Gasteiger partial charge on any atom is 0.305 e. The summed E-state index contributed by atoms with van der Waals surface area (Å²) in [4.78, 5) is 9.91. The molecule has 10 heteroatoms. The minimum atomic E-state index is -0.831. The SMILES string of the molecule is NCCn1nnnc1SCc1cccc([N+](=O)[O-])c1F. The molecular formula is C10H11FN6O2S. The van der Waals surface area contributed by atoms with Gasteiger partial charge in [-0.15, -0.1) is 5.10 Å². The van der Waals surface area contributed by atoms with Gasteiger partial charge in [0.2, 0.25) is 11.0 Å². The van der Waals surface area contributed by atoms with Crippen LogP contribution in [0.25, 0.3) is 0 Å². The van der Waals surface area contributed by atoms with Gasteiger partial charge in [-0.2, -0.15) is 4.39 Å². The summed E-state index contributed by atoms with van der Waals surface area (Å²) in [6.45, 7) is 0.830. The van der Waals surface area contributed by atoms with Gasteiger partial charge in [-0.3, -0.25) is 10.1 Å². The van der Waals surface area contributed by atoms with Gasteiger partial charge >= 0.3 is 5.69 Å². The van der Waals surface area contributed by atoms with Crippen LogP contribution in [-0.4, -0.2) is 31.7 Å². The molecule has 0 saturated carbocycles. The van der Waals surface area contributed by atoms with Gasteiger partial charge in [0.15, 0.2) is 0 Å². The third-order valence-corrected chi connectivity index (χ3v) is 3.46. The predicted molar refractivity (Wildman–Crippen MR) is 69.5 cm³/mol. The highest BCUT2D eigenvalue weighted by atomic mass is 32.2. The van der Waals surface area contributed by atoms with Crippen LogP contribution in [0.4, 0.5) is 10.1 Å². The molecule has 0 amide bonds. The van der Waals surface area contributed by atoms with Crippen LogP contribution >= 0.6 is 11.8 Å². The molecule has 2 rings (SSSR count). The molecule has 1 aromatic heterocycles. The molecule has 2 aromatic rings. The van der Waals surface area contributed by atoms with Gasteiger partial charge in [-0.1, -0.05) is 23.9 Å². The first kappa shape index (κ1) is 14.3. The molecule has 1 aromatic carbocycles. The first-order valence-corrected chi connectivity index (χ1v) is 6.63. The summed E-state index contributed by atoms with van der Waals surface area (Å²) in [6.07, 6.45) is 0. The van der Waals surface area contributed by atoms with E-state index >= 15 is 0 Å². The van der Waals surface area contributed by atoms with E-state index in [2.05, 4.69) is 15.5 Å². The number of hydrogen-bond donors (Lipinski definition) is 1. The topological polar surface area (TPSA) is 113 Å². The van der Waals surface area contributed by atoms with Gasteiger partial charge in [-0.05, 0) is 10.4 Å². The number of halogens is 1. The molecule has 20 heavy (non-hydrogen) atoms. The third-order valence-electron chi connectivity index (χ3n) is 2.45. The minimum absolute atomic E-state index is 0.193. The number of nitro benzene ring substituents is 1. The third kappa shape index (κ3) is 3.08. The van der Waals surface area contributed by atoms with Crippen molar-refractivity contribution in [1.29, 1.82) is 0 Å². The average Bonchev–Trinajstić information content (AvgIpc) is 2.85. The largest absolute Gasteiger partial charge is 0.329 e. The summed E-state index contributed by atoms with van der Waals surface area (Å²) in [6, 6.07) is 4.06. The second-order valence-corrected chi connectivity index (χ2v) is 4.71. The summed E-state index contributed by atoms with van der Waals surface area (Å²) >= 11 is 1.19. The zero-order valence-corrected chi connectivity index (χ0v) is 11.1. The number of nitrogens with zero attached hydrogens (tertiary/aromatic N) is 5. The van der Waals surface area contributed by atoms with Crippen LogP contribution in [-0.2, 0) is 12.3 Å². The van der Waals surface area contributed by atoms with Crippen molar-refractivity contribution in [3.05, 3.63) is 39.7 Å². The summed E-state index contributed by atoms with van der Waals surface area (Å²) < 4.78 is 15.4. The van der Waals surface area contributed by atoms with Gasteiger partial charge in [0.05, 0.1) is 11.5 Å². The van der Waals surface area contributed by atoms with Crippen LogP contribution in [0.15, 0.2) is 23.4 Å². The standard InChI is InChI=1S/C10H11FN6O2S/c11-9-7(2-1-3-8(9)17(18)19)6-20-10-13-14-15-16(10)5-4-12/h1-3H,4-6,12H2. The first-order valence-electron chi connectivity index (χ1n) is 5.64. The number of aromatic nitrogens is 4. The number of tetrazole rings is 1. The Bertz CT molecular complexity index is 620. The second kappa shape index (κ2) is 6.39. The van der Waals surface area contributed by atoms with Crippen molar-refractivity contribution < 1.29 is 9.31 Å². The van der Waals surface area contributed by atoms with Crippen molar-refractivity contribution in [2.75, 3.05) is 6.54 Å². The number of rotatable bonds is 6. The van der Waals surface area contributed by atoms with Crippen LogP contribution < -0.4 is 5.73 Å². The van der Waals surface area contributed by atoms with Gasteiger partial charge < -0.3 is 5.73 Å². The number of hydrogen-bond acceptors (Lipinski definition) is 7. The lowest BCUT2D eigenvalue weighted by molar-refractivity contribution is -0.387. The van der Waals surface area contributed by atoms with Crippen LogP contribution in [0.2, 0.25) is 0 Å². The lowest BCUT2D eigenvalue weighted by atomic mass is 10.2. The average molecular weight is 298 g/mol. The lowest BCUT2D eigenvalue weighted by Crippen LogP contribution is -2.12. The van der Waals surface area contributed by atoms with Crippen molar-refractivity contribution in [3.63, 3.8) is 0 Å². The molecule has 0 aliphatic rings. The Labute approximate surface area is 117 Å². The van der Waals surface area contributed by atoms with Crippen LogP contribution in [0, 0.1) is 15.9 Å². The molecule has 0 bridgehead atoms. The molecule has 0 fully saturated rings. The van der Waals surface area contributed by atoms with E-state index < -0.39 is 16.4 Å². The van der Waals surface area contributed by atoms with E-state index in [-0.39, 0.29) is 11.3 Å². The Hall–Kier alpha value is -2.07. The van der Waals surface area contributed by atoms with Crippen molar-refractivity contribution >= 4 is 17.4 Å². The molecule has 0 atom stereocenters. The molecule has 2 N–H and O–H groups in total. The van der Waals surface area contributed by atoms with E-state index in [0.29, 0.717) is 18.2 Å². The highest BCUT2D eigenvalue weighted by Crippen LogP contribution is 2.26. The smallest absolute Gasteiger partial charge is 0.305 e. The molecule has 0 unspecified atom stereocenters. The summed E-state index contributed by atoms with van der Waals surface area (Å²) in [5.41, 5.74) is 5.10. The lowest BCUT2D eigenvalue weighted by Gasteiger charge is -2.04. The van der Waals surface area contributed by atoms with Crippen molar-refractivity contribution in [1.82, 2.24) is 20.2 Å². The molecule has 106 valence electrons. The maximum atomic E-state index is 13.9. The molecule has 0 aliphatic heterocycles. The van der Waals surface area contributed by atoms with Gasteiger partial charge in [0, 0.05) is 23.9 Å². The number of thioether (sulfide) groups is 1. The number of benzene rings is 1. The minimum Gasteiger partial charge on any atom is -0.329 e. The molecule has 0 spiro atoms. The van der Waals surface area contributed by atoms with Crippen LogP contribution in [0.3, 0.4) is 0 Å². The van der Waals surface area contributed by atoms with Crippen LogP contribution in [0.5, 0.6) is 0 Å². The van der Waals surface area contributed by atoms with Crippen LogP contribution in [0.1, 0.15) is 5.56 Å². The number of nitrogens with two attached hydrogens (primary N) is 1. The molecular weight excluding hydrogens is 287 g/mol. The monoisotopic (exact) mass is 298 g/mol. The van der Waals surface area contributed by atoms with Gasteiger partial charge in [-0.25, -0.2) is 4.68 Å². The highest BCUT2D eigenvalue weighted by Gasteiger charge is 2.18. The Kier molecular flexibility index (Phi) is 4.58. The van der Waals surface area contributed by atoms with E-state index in [9.17, 15) is 14.5 Å². The van der Waals surface area contributed by atoms with E-state index in [4.69, 9.17) is 5.73 Å². The zero-order chi connectivity index (χ0) is 14.5. The van der Waals surface area contributed by atoms with Crippen molar-refractivity contribution in [3.8, 4) is 0 Å². The van der Waals surface area contributed by atoms with E-state index in [1.807, 2.05) is 0 Å². The fraction of sp³-hybridized carbons (Fsp3) is 0.300.